The molecule has 1 aromatic carbocycles. The first-order chi connectivity index (χ1) is 9.58. The number of carbonyl (C=O) groups excluding carboxylic acids is 1. The van der Waals surface area contributed by atoms with Gasteiger partial charge in [0, 0.05) is 13.1 Å². The van der Waals surface area contributed by atoms with Crippen molar-refractivity contribution in [2.75, 3.05) is 26.3 Å². The molecule has 0 aliphatic carbocycles. The molecule has 20 heavy (non-hydrogen) atoms. The van der Waals surface area contributed by atoms with E-state index in [2.05, 4.69) is 0 Å². The van der Waals surface area contributed by atoms with Gasteiger partial charge < -0.3 is 19.5 Å². The second-order valence-electron chi connectivity index (χ2n) is 4.53. The largest absolute Gasteiger partial charge is 0.481 e. The highest BCUT2D eigenvalue weighted by Gasteiger charge is 2.23. The van der Waals surface area contributed by atoms with Gasteiger partial charge in [0.1, 0.15) is 5.75 Å². The molecule has 1 aliphatic heterocycles. The van der Waals surface area contributed by atoms with Crippen molar-refractivity contribution in [2.45, 2.75) is 13.0 Å². The molecule has 2 rings (SSSR count). The van der Waals surface area contributed by atoms with Crippen molar-refractivity contribution in [1.82, 2.24) is 4.90 Å². The van der Waals surface area contributed by atoms with Crippen molar-refractivity contribution in [3.05, 3.63) is 29.8 Å². The van der Waals surface area contributed by atoms with E-state index in [9.17, 15) is 9.59 Å². The van der Waals surface area contributed by atoms with Crippen molar-refractivity contribution in [3.63, 3.8) is 0 Å². The molecule has 0 saturated carbocycles. The maximum atomic E-state index is 12.1. The third kappa shape index (κ3) is 3.48. The molecule has 0 unspecified atom stereocenters. The molecule has 1 aliphatic rings. The normalized spacial score (nSPS) is 16.6. The molecular formula is C14H17NO5. The summed E-state index contributed by atoms with van der Waals surface area (Å²) in [6, 6.07) is 5.99. The van der Waals surface area contributed by atoms with Gasteiger partial charge in [0.05, 0.1) is 18.8 Å². The summed E-state index contributed by atoms with van der Waals surface area (Å²) in [6.45, 7) is 3.93. The molecule has 108 valence electrons. The lowest BCUT2D eigenvalue weighted by molar-refractivity contribution is -0.142. The number of amides is 1. The monoisotopic (exact) mass is 279 g/mol. The third-order valence-corrected chi connectivity index (χ3v) is 3.08. The summed E-state index contributed by atoms with van der Waals surface area (Å²) in [6.07, 6.45) is -0.608. The van der Waals surface area contributed by atoms with Gasteiger partial charge in [-0.15, -0.1) is 0 Å². The number of hydrogen-bond acceptors (Lipinski definition) is 4. The number of ether oxygens (including phenoxy) is 2. The molecule has 1 fully saturated rings. The standard InChI is InChI=1S/C14H17NO5/c1-10(13(16)15-6-8-19-9-7-15)20-12-4-2-11(3-5-12)14(17)18/h2-5,10H,6-9H2,1H3,(H,17,18)/t10-/m1/s1. The van der Waals surface area contributed by atoms with Crippen molar-refractivity contribution < 1.29 is 24.2 Å². The van der Waals surface area contributed by atoms with Crippen LogP contribution in [0.5, 0.6) is 5.75 Å². The summed E-state index contributed by atoms with van der Waals surface area (Å²) < 4.78 is 10.7. The number of rotatable bonds is 4. The molecule has 0 radical (unpaired) electrons. The fraction of sp³-hybridized carbons (Fsp3) is 0.429. The van der Waals surface area contributed by atoms with E-state index in [0.717, 1.165) is 0 Å². The number of benzene rings is 1. The van der Waals surface area contributed by atoms with Crippen molar-refractivity contribution in [2.24, 2.45) is 0 Å². The lowest BCUT2D eigenvalue weighted by Gasteiger charge is -2.29. The molecule has 0 aromatic heterocycles. The molecule has 1 N–H and O–H groups in total. The Hall–Kier alpha value is -2.08. The highest BCUT2D eigenvalue weighted by Crippen LogP contribution is 2.15. The van der Waals surface area contributed by atoms with Crippen LogP contribution >= 0.6 is 0 Å². The van der Waals surface area contributed by atoms with Crippen LogP contribution in [0.3, 0.4) is 0 Å². The predicted octanol–water partition coefficient (Wildman–Crippen LogP) is 1.01. The Morgan fingerprint density at radius 2 is 1.85 bits per heavy atom. The van der Waals surface area contributed by atoms with Gasteiger partial charge in [0.15, 0.2) is 6.10 Å². The van der Waals surface area contributed by atoms with Crippen LogP contribution in [0.2, 0.25) is 0 Å². The fourth-order valence-corrected chi connectivity index (χ4v) is 1.97. The highest BCUT2D eigenvalue weighted by atomic mass is 16.5. The van der Waals surface area contributed by atoms with Gasteiger partial charge in [-0.3, -0.25) is 4.79 Å². The first kappa shape index (κ1) is 14.3. The number of morpholine rings is 1. The minimum Gasteiger partial charge on any atom is -0.481 e. The van der Waals surface area contributed by atoms with Crippen molar-refractivity contribution in [3.8, 4) is 5.75 Å². The van der Waals surface area contributed by atoms with Crippen LogP contribution in [0.1, 0.15) is 17.3 Å². The zero-order valence-electron chi connectivity index (χ0n) is 11.2. The maximum absolute atomic E-state index is 12.1. The van der Waals surface area contributed by atoms with Gasteiger partial charge in [-0.05, 0) is 31.2 Å². The average Bonchev–Trinajstić information content (AvgIpc) is 2.48. The van der Waals surface area contributed by atoms with Crippen molar-refractivity contribution >= 4 is 11.9 Å². The van der Waals surface area contributed by atoms with Gasteiger partial charge in [-0.1, -0.05) is 0 Å². The quantitative estimate of drug-likeness (QED) is 0.890. The first-order valence-corrected chi connectivity index (χ1v) is 6.44. The van der Waals surface area contributed by atoms with E-state index >= 15 is 0 Å². The predicted molar refractivity (Wildman–Crippen MR) is 70.9 cm³/mol. The Morgan fingerprint density at radius 1 is 1.25 bits per heavy atom. The minimum atomic E-state index is -0.992. The second-order valence-corrected chi connectivity index (χ2v) is 4.53. The van der Waals surface area contributed by atoms with Gasteiger partial charge >= 0.3 is 5.97 Å². The van der Waals surface area contributed by atoms with Crippen LogP contribution in [-0.2, 0) is 9.53 Å². The third-order valence-electron chi connectivity index (χ3n) is 3.08. The molecular weight excluding hydrogens is 262 g/mol. The van der Waals surface area contributed by atoms with Gasteiger partial charge in [-0.2, -0.15) is 0 Å². The molecule has 1 amide bonds. The van der Waals surface area contributed by atoms with E-state index in [0.29, 0.717) is 32.1 Å². The Morgan fingerprint density at radius 3 is 2.40 bits per heavy atom. The first-order valence-electron chi connectivity index (χ1n) is 6.44. The maximum Gasteiger partial charge on any atom is 0.335 e. The molecule has 0 bridgehead atoms. The van der Waals surface area contributed by atoms with E-state index in [1.807, 2.05) is 0 Å². The number of aromatic carboxylic acids is 1. The average molecular weight is 279 g/mol. The number of carboxylic acid groups (broad SMARTS) is 1. The summed E-state index contributed by atoms with van der Waals surface area (Å²) in [5.74, 6) is -0.603. The second kappa shape index (κ2) is 6.38. The zero-order chi connectivity index (χ0) is 14.5. The number of carboxylic acids is 1. The summed E-state index contributed by atoms with van der Waals surface area (Å²) in [7, 11) is 0. The van der Waals surface area contributed by atoms with E-state index in [-0.39, 0.29) is 11.5 Å². The summed E-state index contributed by atoms with van der Waals surface area (Å²) in [5.41, 5.74) is 0.185. The number of nitrogens with zero attached hydrogens (tertiary/aromatic N) is 1. The van der Waals surface area contributed by atoms with E-state index in [1.54, 1.807) is 24.0 Å². The van der Waals surface area contributed by atoms with Gasteiger partial charge in [-0.25, -0.2) is 4.79 Å². The zero-order valence-corrected chi connectivity index (χ0v) is 11.2. The van der Waals surface area contributed by atoms with Crippen molar-refractivity contribution in [1.29, 1.82) is 0 Å². The summed E-state index contributed by atoms with van der Waals surface area (Å²) in [4.78, 5) is 24.6. The molecule has 1 aromatic rings. The summed E-state index contributed by atoms with van der Waals surface area (Å²) >= 11 is 0. The Kier molecular flexibility index (Phi) is 4.57. The minimum absolute atomic E-state index is 0.0874. The molecule has 1 heterocycles. The van der Waals surface area contributed by atoms with Crippen LogP contribution in [0, 0.1) is 0 Å². The van der Waals surface area contributed by atoms with E-state index in [1.165, 1.54) is 12.1 Å². The fourth-order valence-electron chi connectivity index (χ4n) is 1.97. The molecule has 0 spiro atoms. The summed E-state index contributed by atoms with van der Waals surface area (Å²) in [5, 5.41) is 8.80. The van der Waals surface area contributed by atoms with Crippen LogP contribution < -0.4 is 4.74 Å². The number of carbonyl (C=O) groups is 2. The SMILES string of the molecule is C[C@@H](Oc1ccc(C(=O)O)cc1)C(=O)N1CCOCC1. The Bertz CT molecular complexity index is 479. The van der Waals surface area contributed by atoms with Gasteiger partial charge in [0.25, 0.3) is 5.91 Å². The molecule has 6 heteroatoms. The van der Waals surface area contributed by atoms with Gasteiger partial charge in [0.2, 0.25) is 0 Å². The number of hydrogen-bond donors (Lipinski definition) is 1. The lowest BCUT2D eigenvalue weighted by Crippen LogP contribution is -2.46. The molecule has 6 nitrogen and oxygen atoms in total. The molecule has 1 saturated heterocycles. The highest BCUT2D eigenvalue weighted by molar-refractivity contribution is 5.87. The van der Waals surface area contributed by atoms with Crippen LogP contribution in [-0.4, -0.2) is 54.3 Å². The van der Waals surface area contributed by atoms with E-state index < -0.39 is 12.1 Å². The smallest absolute Gasteiger partial charge is 0.335 e. The Labute approximate surface area is 116 Å². The van der Waals surface area contributed by atoms with E-state index in [4.69, 9.17) is 14.6 Å². The van der Waals surface area contributed by atoms with Crippen LogP contribution in [0.15, 0.2) is 24.3 Å². The lowest BCUT2D eigenvalue weighted by atomic mass is 10.2. The van der Waals surface area contributed by atoms with Crippen LogP contribution in [0.4, 0.5) is 0 Å². The molecule has 1 atom stereocenters. The van der Waals surface area contributed by atoms with Crippen LogP contribution in [0.25, 0.3) is 0 Å². The topological polar surface area (TPSA) is 76.1 Å². The Balaban J connectivity index is 1.94.